The van der Waals surface area contributed by atoms with Gasteiger partial charge in [0.2, 0.25) is 0 Å². The van der Waals surface area contributed by atoms with E-state index in [2.05, 4.69) is 24.8 Å². The van der Waals surface area contributed by atoms with Crippen LogP contribution in [0.3, 0.4) is 0 Å². The Kier molecular flexibility index (Phi) is 4.49. The standard InChI is InChI=1S/C17H16F3N5S/c18-17(19,20)12-1-2-13(21-9-12)10-24-4-6-25(7-5-24)15-14-3-8-26-16(14)23-11-22-15/h1-3,8-9,11H,4-7,10H2. The predicted octanol–water partition coefficient (Wildman–Crippen LogP) is 3.43. The number of hydrogen-bond donors (Lipinski definition) is 0. The highest BCUT2D eigenvalue weighted by molar-refractivity contribution is 7.16. The first-order chi connectivity index (χ1) is 12.5. The molecule has 0 aromatic carbocycles. The van der Waals surface area contributed by atoms with Crippen LogP contribution in [0.2, 0.25) is 0 Å². The summed E-state index contributed by atoms with van der Waals surface area (Å²) in [4.78, 5) is 18.1. The minimum absolute atomic E-state index is 0.545. The van der Waals surface area contributed by atoms with Gasteiger partial charge < -0.3 is 4.90 Å². The van der Waals surface area contributed by atoms with Crippen molar-refractivity contribution in [2.45, 2.75) is 12.7 Å². The highest BCUT2D eigenvalue weighted by Crippen LogP contribution is 2.29. The molecule has 0 spiro atoms. The molecule has 0 bridgehead atoms. The van der Waals surface area contributed by atoms with Gasteiger partial charge in [0.15, 0.2) is 0 Å². The average Bonchev–Trinajstić information content (AvgIpc) is 3.11. The maximum atomic E-state index is 12.6. The van der Waals surface area contributed by atoms with Gasteiger partial charge in [-0.2, -0.15) is 13.2 Å². The van der Waals surface area contributed by atoms with Crippen LogP contribution >= 0.6 is 11.3 Å². The van der Waals surface area contributed by atoms with Crippen LogP contribution in [0.25, 0.3) is 10.2 Å². The van der Waals surface area contributed by atoms with Crippen LogP contribution < -0.4 is 4.90 Å². The third kappa shape index (κ3) is 3.49. The molecule has 3 aromatic heterocycles. The number of fused-ring (bicyclic) bond motifs is 1. The number of nitrogens with zero attached hydrogens (tertiary/aromatic N) is 5. The highest BCUT2D eigenvalue weighted by atomic mass is 32.1. The van der Waals surface area contributed by atoms with E-state index in [0.29, 0.717) is 12.2 Å². The zero-order chi connectivity index (χ0) is 18.1. The molecule has 0 saturated carbocycles. The van der Waals surface area contributed by atoms with E-state index in [9.17, 15) is 13.2 Å². The maximum Gasteiger partial charge on any atom is 0.417 e. The van der Waals surface area contributed by atoms with Crippen LogP contribution in [-0.4, -0.2) is 46.0 Å². The van der Waals surface area contributed by atoms with Crippen molar-refractivity contribution in [3.8, 4) is 0 Å². The Morgan fingerprint density at radius 1 is 1.00 bits per heavy atom. The number of pyridine rings is 1. The molecule has 0 N–H and O–H groups in total. The molecule has 1 aliphatic heterocycles. The zero-order valence-corrected chi connectivity index (χ0v) is 14.6. The molecule has 9 heteroatoms. The van der Waals surface area contributed by atoms with Crippen LogP contribution in [0.4, 0.5) is 19.0 Å². The monoisotopic (exact) mass is 379 g/mol. The van der Waals surface area contributed by atoms with E-state index in [1.54, 1.807) is 17.7 Å². The van der Waals surface area contributed by atoms with Crippen LogP contribution in [0, 0.1) is 0 Å². The van der Waals surface area contributed by atoms with Gasteiger partial charge in [-0.3, -0.25) is 9.88 Å². The fourth-order valence-electron chi connectivity index (χ4n) is 3.06. The predicted molar refractivity (Wildman–Crippen MR) is 94.1 cm³/mol. The molecule has 5 nitrogen and oxygen atoms in total. The fraction of sp³-hybridized carbons (Fsp3) is 0.353. The van der Waals surface area contributed by atoms with Gasteiger partial charge in [0.25, 0.3) is 0 Å². The Morgan fingerprint density at radius 2 is 1.81 bits per heavy atom. The lowest BCUT2D eigenvalue weighted by Gasteiger charge is -2.35. The molecule has 4 rings (SSSR count). The second-order valence-electron chi connectivity index (χ2n) is 6.14. The number of piperazine rings is 1. The Hall–Kier alpha value is -2.26. The molecule has 1 aliphatic rings. The van der Waals surface area contributed by atoms with Crippen molar-refractivity contribution in [2.75, 3.05) is 31.1 Å². The summed E-state index contributed by atoms with van der Waals surface area (Å²) in [5, 5.41) is 3.07. The Balaban J connectivity index is 1.39. The normalized spacial score (nSPS) is 16.3. The largest absolute Gasteiger partial charge is 0.417 e. The van der Waals surface area contributed by atoms with E-state index in [4.69, 9.17) is 0 Å². The molecule has 1 saturated heterocycles. The fourth-order valence-corrected chi connectivity index (χ4v) is 3.79. The van der Waals surface area contributed by atoms with Gasteiger partial charge in [-0.15, -0.1) is 11.3 Å². The van der Waals surface area contributed by atoms with E-state index in [1.807, 2.05) is 11.4 Å². The summed E-state index contributed by atoms with van der Waals surface area (Å²) in [7, 11) is 0. The highest BCUT2D eigenvalue weighted by Gasteiger charge is 2.30. The molecule has 0 amide bonds. The van der Waals surface area contributed by atoms with Crippen molar-refractivity contribution in [1.29, 1.82) is 0 Å². The Bertz CT molecular complexity index is 885. The SMILES string of the molecule is FC(F)(F)c1ccc(CN2CCN(c3ncnc4sccc34)CC2)nc1. The summed E-state index contributed by atoms with van der Waals surface area (Å²) in [6.45, 7) is 3.77. The third-order valence-corrected chi connectivity index (χ3v) is 5.27. The molecule has 0 unspecified atom stereocenters. The van der Waals surface area contributed by atoms with E-state index in [0.717, 1.165) is 54.5 Å². The molecule has 4 heterocycles. The summed E-state index contributed by atoms with van der Waals surface area (Å²) in [6, 6.07) is 4.58. The topological polar surface area (TPSA) is 45.2 Å². The lowest BCUT2D eigenvalue weighted by molar-refractivity contribution is -0.137. The molecule has 3 aromatic rings. The maximum absolute atomic E-state index is 12.6. The molecule has 26 heavy (non-hydrogen) atoms. The van der Waals surface area contributed by atoms with Gasteiger partial charge in [0.1, 0.15) is 17.0 Å². The number of alkyl halides is 3. The van der Waals surface area contributed by atoms with Gasteiger partial charge >= 0.3 is 6.18 Å². The van der Waals surface area contributed by atoms with Gasteiger partial charge in [-0.05, 0) is 23.6 Å². The first-order valence-corrected chi connectivity index (χ1v) is 9.06. The van der Waals surface area contributed by atoms with Crippen molar-refractivity contribution in [1.82, 2.24) is 19.9 Å². The molecule has 0 aliphatic carbocycles. The second kappa shape index (κ2) is 6.81. The third-order valence-electron chi connectivity index (χ3n) is 4.45. The van der Waals surface area contributed by atoms with Crippen LogP contribution in [0.15, 0.2) is 36.1 Å². The molecule has 1 fully saturated rings. The van der Waals surface area contributed by atoms with Gasteiger partial charge in [0, 0.05) is 38.9 Å². The summed E-state index contributed by atoms with van der Waals surface area (Å²) in [6.07, 6.45) is -1.85. The number of aromatic nitrogens is 3. The molecular weight excluding hydrogens is 363 g/mol. The number of anilines is 1. The summed E-state index contributed by atoms with van der Waals surface area (Å²) >= 11 is 1.59. The van der Waals surface area contributed by atoms with Gasteiger partial charge in [-0.25, -0.2) is 9.97 Å². The average molecular weight is 379 g/mol. The molecular formula is C17H16F3N5S. The van der Waals surface area contributed by atoms with Crippen LogP contribution in [0.5, 0.6) is 0 Å². The van der Waals surface area contributed by atoms with E-state index < -0.39 is 11.7 Å². The van der Waals surface area contributed by atoms with Crippen LogP contribution in [-0.2, 0) is 12.7 Å². The molecule has 0 radical (unpaired) electrons. The van der Waals surface area contributed by atoms with Crippen molar-refractivity contribution >= 4 is 27.4 Å². The van der Waals surface area contributed by atoms with Crippen molar-refractivity contribution in [3.63, 3.8) is 0 Å². The number of rotatable bonds is 3. The smallest absolute Gasteiger partial charge is 0.353 e. The summed E-state index contributed by atoms with van der Waals surface area (Å²) < 4.78 is 37.8. The number of hydrogen-bond acceptors (Lipinski definition) is 6. The van der Waals surface area contributed by atoms with Gasteiger partial charge in [-0.1, -0.05) is 0 Å². The lowest BCUT2D eigenvalue weighted by Crippen LogP contribution is -2.46. The van der Waals surface area contributed by atoms with Crippen molar-refractivity contribution < 1.29 is 13.2 Å². The van der Waals surface area contributed by atoms with E-state index in [-0.39, 0.29) is 0 Å². The van der Waals surface area contributed by atoms with Crippen molar-refractivity contribution in [2.24, 2.45) is 0 Å². The molecule has 0 atom stereocenters. The minimum Gasteiger partial charge on any atom is -0.353 e. The first-order valence-electron chi connectivity index (χ1n) is 8.18. The van der Waals surface area contributed by atoms with E-state index >= 15 is 0 Å². The summed E-state index contributed by atoms with van der Waals surface area (Å²) in [5.74, 6) is 0.948. The zero-order valence-electron chi connectivity index (χ0n) is 13.8. The van der Waals surface area contributed by atoms with Gasteiger partial charge in [0.05, 0.1) is 16.6 Å². The lowest BCUT2D eigenvalue weighted by atomic mass is 10.2. The van der Waals surface area contributed by atoms with Crippen molar-refractivity contribution in [3.05, 3.63) is 47.4 Å². The quantitative estimate of drug-likeness (QED) is 0.698. The number of thiophene rings is 1. The second-order valence-corrected chi connectivity index (χ2v) is 7.03. The summed E-state index contributed by atoms with van der Waals surface area (Å²) in [5.41, 5.74) is -0.0664. The number of halogens is 3. The van der Waals surface area contributed by atoms with E-state index in [1.165, 1.54) is 6.07 Å². The Labute approximate surface area is 152 Å². The van der Waals surface area contributed by atoms with Crippen LogP contribution in [0.1, 0.15) is 11.3 Å². The molecule has 136 valence electrons. The Morgan fingerprint density at radius 3 is 2.50 bits per heavy atom. The minimum atomic E-state index is -4.35. The first kappa shape index (κ1) is 17.2.